The highest BCUT2D eigenvalue weighted by molar-refractivity contribution is 6.09. The Balaban J connectivity index is 1.35. The van der Waals surface area contributed by atoms with Crippen LogP contribution in [0.5, 0.6) is 92.0 Å². The molecule has 0 spiro atoms. The van der Waals surface area contributed by atoms with E-state index in [1.807, 2.05) is 0 Å². The third-order valence-electron chi connectivity index (χ3n) is 12.3. The lowest BCUT2D eigenvalue weighted by molar-refractivity contribution is -0.297. The highest BCUT2D eigenvalue weighted by Crippen LogP contribution is 2.56. The van der Waals surface area contributed by atoms with E-state index in [0.717, 1.165) is 0 Å². The Morgan fingerprint density at radius 1 is 0.593 bits per heavy atom. The number of aliphatic carboxylic acids is 2. The van der Waals surface area contributed by atoms with Gasteiger partial charge in [0.1, 0.15) is 18.3 Å². The van der Waals surface area contributed by atoms with Gasteiger partial charge in [0.25, 0.3) is 0 Å². The topological polar surface area (TPSA) is 568 Å². The van der Waals surface area contributed by atoms with Crippen molar-refractivity contribution >= 4 is 47.8 Å². The summed E-state index contributed by atoms with van der Waals surface area (Å²) in [4.78, 5) is 108. The SMILES string of the molecule is O=C([O-])/C=C(\C(=O)O[C@H]1[C@@H]2OC(=O)c3cc(Oc4c(C(=O)O)cc(O)c(O)c4O)c(O)c(O)c3-c3c(cc(O)c(O)c3O)C(=O)OC[C@H]1O[C@@H](OC(=O)c1cc(O)c(O)c(O)c1)[C@@H]2O)[C@H]1c2c(cc(O)c(O)c2O)C(=O)O[C@@H]1C(=O)O. The molecule has 0 aliphatic carbocycles. The largest absolute Gasteiger partial charge is 0.545 e. The summed E-state index contributed by atoms with van der Waals surface area (Å²) in [6.45, 7) is -1.50. The fraction of sp³-hybridized carbons (Fsp3) is 0.167. The standard InChI is InChI=1S/C48H34O33/c49-15-1-9(2-16(50)27(15)56)43(70)81-48-36(65)40-38(78-47(74)13(7-22(54)55)26-25-11(4-18(52)29(58)33(25)62)45(72)79-39(26)42(68)69)21(77-48)8-75-44(71)10-3-17(51)28(57)32(61)23(10)24-12(46(73)80-40)6-20(31(60)34(24)63)76-37-14(41(66)67)5-19(53)30(59)35(37)64/h1-7,21,26,36,38-40,48-53,56-65H,8H2,(H,54,55)(H,66,67)(H,68,69)/p-1/b13-7-/t21-,26+,36-,38-,39+,40-,48+/m1/s1. The van der Waals surface area contributed by atoms with Crippen LogP contribution < -0.4 is 9.84 Å². The van der Waals surface area contributed by atoms with E-state index >= 15 is 0 Å². The number of carbonyl (C=O) groups excluding carboxylic acids is 6. The average molecular weight is 1140 g/mol. The zero-order valence-corrected chi connectivity index (χ0v) is 39.4. The molecule has 0 saturated carbocycles. The Bertz CT molecular complexity index is 3630. The van der Waals surface area contributed by atoms with Crippen LogP contribution in [-0.4, -0.2) is 178 Å². The second-order valence-corrected chi connectivity index (χ2v) is 17.1. The summed E-state index contributed by atoms with van der Waals surface area (Å²) < 4.78 is 37.6. The number of benzene rings is 5. The maximum atomic E-state index is 15.0. The number of aromatic carboxylic acids is 1. The molecular formula is C48H33O33-. The van der Waals surface area contributed by atoms with E-state index in [-0.39, 0.29) is 12.1 Å². The maximum Gasteiger partial charge on any atom is 0.346 e. The van der Waals surface area contributed by atoms with Crippen LogP contribution in [-0.2, 0) is 42.8 Å². The van der Waals surface area contributed by atoms with Crippen molar-refractivity contribution in [2.24, 2.45) is 0 Å². The molecule has 5 aromatic rings. The summed E-state index contributed by atoms with van der Waals surface area (Å²) in [6, 6.07) is 2.21. The molecule has 5 aromatic carbocycles. The van der Waals surface area contributed by atoms with Gasteiger partial charge in [-0.3, -0.25) is 0 Å². The van der Waals surface area contributed by atoms with Gasteiger partial charge in [0.05, 0.1) is 39.7 Å². The Hall–Kier alpha value is -11.5. The van der Waals surface area contributed by atoms with Crippen LogP contribution in [0.15, 0.2) is 48.0 Å². The molecule has 3 aliphatic heterocycles. The first-order valence-corrected chi connectivity index (χ1v) is 22.0. The summed E-state index contributed by atoms with van der Waals surface area (Å²) >= 11 is 0. The normalized spacial score (nSPS) is 20.5. The molecule has 81 heavy (non-hydrogen) atoms. The minimum absolute atomic E-state index is 0.212. The molecule has 0 radical (unpaired) electrons. The van der Waals surface area contributed by atoms with Crippen molar-refractivity contribution in [3.63, 3.8) is 0 Å². The third kappa shape index (κ3) is 9.62. The molecule has 7 atom stereocenters. The zero-order chi connectivity index (χ0) is 59.7. The van der Waals surface area contributed by atoms with Gasteiger partial charge in [-0.2, -0.15) is 0 Å². The number of phenols is 14. The number of hydrogen-bond acceptors (Lipinski definition) is 31. The number of esters is 5. The molecule has 3 heterocycles. The van der Waals surface area contributed by atoms with E-state index < -0.39 is 239 Å². The van der Waals surface area contributed by atoms with Crippen LogP contribution >= 0.6 is 0 Å². The van der Waals surface area contributed by atoms with Crippen molar-refractivity contribution in [2.45, 2.75) is 42.7 Å². The van der Waals surface area contributed by atoms with Crippen molar-refractivity contribution in [1.29, 1.82) is 0 Å². The molecule has 33 nitrogen and oxygen atoms in total. The van der Waals surface area contributed by atoms with Gasteiger partial charge in [0.2, 0.25) is 41.1 Å². The second kappa shape index (κ2) is 20.5. The van der Waals surface area contributed by atoms with E-state index in [2.05, 4.69) is 0 Å². The number of aliphatic hydroxyl groups is 1. The molecule has 17 N–H and O–H groups in total. The van der Waals surface area contributed by atoms with Crippen LogP contribution in [0.25, 0.3) is 11.1 Å². The molecule has 33 heteroatoms. The first-order chi connectivity index (χ1) is 37.9. The quantitative estimate of drug-likeness (QED) is 0.0358. The van der Waals surface area contributed by atoms with Crippen LogP contribution in [0.3, 0.4) is 0 Å². The number of aliphatic hydroxyl groups excluding tert-OH is 1. The number of rotatable bonds is 10. The van der Waals surface area contributed by atoms with E-state index in [0.29, 0.717) is 30.3 Å². The van der Waals surface area contributed by atoms with Gasteiger partial charge in [-0.1, -0.05) is 0 Å². The zero-order valence-electron chi connectivity index (χ0n) is 39.4. The molecule has 3 aliphatic rings. The van der Waals surface area contributed by atoms with Gasteiger partial charge in [-0.15, -0.1) is 0 Å². The fourth-order valence-electron chi connectivity index (χ4n) is 8.55. The molecule has 0 aromatic heterocycles. The van der Waals surface area contributed by atoms with Gasteiger partial charge in [-0.05, 0) is 30.3 Å². The van der Waals surface area contributed by atoms with Gasteiger partial charge < -0.3 is 130 Å². The average Bonchev–Trinajstić information content (AvgIpc) is 3.61. The van der Waals surface area contributed by atoms with Crippen LogP contribution in [0.1, 0.15) is 63.3 Å². The first kappa shape index (κ1) is 55.7. The van der Waals surface area contributed by atoms with E-state index in [1.54, 1.807) is 0 Å². The number of carboxylic acids is 3. The highest BCUT2D eigenvalue weighted by atomic mass is 16.7. The summed E-state index contributed by atoms with van der Waals surface area (Å²) in [6.07, 6.45) is -16.6. The summed E-state index contributed by atoms with van der Waals surface area (Å²) in [5.41, 5.74) is -11.0. The Kier molecular flexibility index (Phi) is 14.1. The summed E-state index contributed by atoms with van der Waals surface area (Å²) in [5.74, 6) is -41.6. The van der Waals surface area contributed by atoms with Crippen LogP contribution in [0.2, 0.25) is 0 Å². The van der Waals surface area contributed by atoms with Gasteiger partial charge in [0, 0.05) is 28.8 Å². The minimum atomic E-state index is -2.88. The van der Waals surface area contributed by atoms with Crippen molar-refractivity contribution in [1.82, 2.24) is 0 Å². The molecule has 1 saturated heterocycles. The lowest BCUT2D eigenvalue weighted by Crippen LogP contribution is -2.62. The third-order valence-corrected chi connectivity index (χ3v) is 12.3. The van der Waals surface area contributed by atoms with Gasteiger partial charge in [0.15, 0.2) is 81.6 Å². The molecule has 8 rings (SSSR count). The molecule has 0 unspecified atom stereocenters. The highest BCUT2D eigenvalue weighted by Gasteiger charge is 2.54. The number of fused-ring (bicyclic) bond motifs is 6. The number of ether oxygens (including phenoxy) is 7. The lowest BCUT2D eigenvalue weighted by atomic mass is 9.80. The van der Waals surface area contributed by atoms with E-state index in [1.165, 1.54) is 0 Å². The van der Waals surface area contributed by atoms with E-state index in [4.69, 9.17) is 33.2 Å². The number of hydrogen-bond donors (Lipinski definition) is 17. The number of aromatic hydroxyl groups is 14. The molecule has 2 bridgehead atoms. The van der Waals surface area contributed by atoms with Gasteiger partial charge >= 0.3 is 41.8 Å². The smallest absolute Gasteiger partial charge is 0.346 e. The number of carboxylic acid groups (broad SMARTS) is 3. The van der Waals surface area contributed by atoms with Crippen LogP contribution in [0, 0.1) is 0 Å². The summed E-state index contributed by atoms with van der Waals surface area (Å²) in [7, 11) is 0. The van der Waals surface area contributed by atoms with Crippen molar-refractivity contribution in [3.8, 4) is 103 Å². The molecule has 1 fully saturated rings. The first-order valence-electron chi connectivity index (χ1n) is 22.0. The predicted molar refractivity (Wildman–Crippen MR) is 244 cm³/mol. The number of cyclic esters (lactones) is 2. The summed E-state index contributed by atoms with van der Waals surface area (Å²) in [5, 5.41) is 193. The minimum Gasteiger partial charge on any atom is -0.545 e. The second-order valence-electron chi connectivity index (χ2n) is 17.1. The van der Waals surface area contributed by atoms with E-state index in [9.17, 15) is 130 Å². The molecular weight excluding hydrogens is 1100 g/mol. The van der Waals surface area contributed by atoms with Gasteiger partial charge in [-0.25, -0.2) is 33.6 Å². The Morgan fingerprint density at radius 3 is 1.72 bits per heavy atom. The Morgan fingerprint density at radius 2 is 1.12 bits per heavy atom. The fourth-order valence-corrected chi connectivity index (χ4v) is 8.55. The Labute approximate surface area is 444 Å². The predicted octanol–water partition coefficient (Wildman–Crippen LogP) is -0.643. The number of phenolic OH excluding ortho intramolecular Hbond substituents is 14. The van der Waals surface area contributed by atoms with Crippen molar-refractivity contribution < 1.29 is 163 Å². The number of carbonyl (C=O) groups is 8. The molecule has 424 valence electrons. The van der Waals surface area contributed by atoms with Crippen molar-refractivity contribution in [3.05, 3.63) is 81.4 Å². The van der Waals surface area contributed by atoms with Crippen molar-refractivity contribution in [2.75, 3.05) is 6.61 Å². The monoisotopic (exact) mass is 1140 g/mol. The maximum absolute atomic E-state index is 15.0. The lowest BCUT2D eigenvalue weighted by Gasteiger charge is -2.43. The van der Waals surface area contributed by atoms with Crippen LogP contribution in [0.4, 0.5) is 0 Å². The molecule has 0 amide bonds.